The Morgan fingerprint density at radius 1 is 1.00 bits per heavy atom. The van der Waals surface area contributed by atoms with Gasteiger partial charge in [0.15, 0.2) is 10.2 Å². The van der Waals surface area contributed by atoms with Gasteiger partial charge in [-0.2, -0.15) is 23.7 Å². The van der Waals surface area contributed by atoms with Crippen molar-refractivity contribution in [2.24, 2.45) is 4.99 Å². The summed E-state index contributed by atoms with van der Waals surface area (Å²) in [5.41, 5.74) is -0.389. The molecule has 1 aliphatic heterocycles. The first-order valence-corrected chi connectivity index (χ1v) is 13.8. The van der Waals surface area contributed by atoms with Crippen LogP contribution in [0.25, 0.3) is 0 Å². The van der Waals surface area contributed by atoms with Crippen LogP contribution in [0.3, 0.4) is 0 Å². The Kier molecular flexibility index (Phi) is 8.16. The summed E-state index contributed by atoms with van der Waals surface area (Å²) in [6, 6.07) is 18.3. The fourth-order valence-electron chi connectivity index (χ4n) is 5.28. The number of halogens is 4. The van der Waals surface area contributed by atoms with Crippen molar-refractivity contribution in [3.8, 4) is 12.1 Å². The first kappa shape index (κ1) is 30.0. The molecule has 43 heavy (non-hydrogen) atoms. The zero-order valence-electron chi connectivity index (χ0n) is 22.3. The highest BCUT2D eigenvalue weighted by molar-refractivity contribution is 7.81. The summed E-state index contributed by atoms with van der Waals surface area (Å²) in [6.45, 7) is -1.03. The van der Waals surface area contributed by atoms with E-state index >= 15 is 0 Å². The van der Waals surface area contributed by atoms with Crippen molar-refractivity contribution >= 4 is 57.6 Å². The van der Waals surface area contributed by atoms with Gasteiger partial charge in [0.25, 0.3) is 0 Å². The van der Waals surface area contributed by atoms with E-state index in [4.69, 9.17) is 24.4 Å². The first-order chi connectivity index (χ1) is 20.6. The van der Waals surface area contributed by atoms with Gasteiger partial charge in [-0.3, -0.25) is 4.90 Å². The second-order valence-corrected chi connectivity index (χ2v) is 10.7. The van der Waals surface area contributed by atoms with Gasteiger partial charge in [0, 0.05) is 16.9 Å². The average Bonchev–Trinajstić information content (AvgIpc) is 3.24. The lowest BCUT2D eigenvalue weighted by Gasteiger charge is -2.44. The van der Waals surface area contributed by atoms with Crippen LogP contribution in [0.5, 0.6) is 0 Å². The van der Waals surface area contributed by atoms with Crippen LogP contribution in [0, 0.1) is 22.7 Å². The largest absolute Gasteiger partial charge is 0.417 e. The fraction of sp³-hybridized carbons (Fsp3) is 0.233. The molecule has 1 saturated heterocycles. The number of nitriles is 2. The number of benzene rings is 3. The predicted molar refractivity (Wildman–Crippen MR) is 162 cm³/mol. The quantitative estimate of drug-likeness (QED) is 0.239. The van der Waals surface area contributed by atoms with Crippen LogP contribution in [-0.2, 0) is 19.5 Å². The number of nitrogens with zero attached hydrogens (tertiary/aromatic N) is 5. The zero-order valence-corrected chi connectivity index (χ0v) is 24.0. The SMILES string of the molecule is N#Cc1ccc(NC(=S)/N=C2/N(c3ccc(C#N)c(C(F)(F)F)c3)C(=S)N(c3ccc(CO)cc3)C23CCC3)cc1CF. The van der Waals surface area contributed by atoms with Crippen LogP contribution in [0.4, 0.5) is 34.6 Å². The molecular weight excluding hydrogens is 600 g/mol. The predicted octanol–water partition coefficient (Wildman–Crippen LogP) is 6.74. The summed E-state index contributed by atoms with van der Waals surface area (Å²) in [6.07, 6.45) is -2.87. The molecule has 2 fully saturated rings. The summed E-state index contributed by atoms with van der Waals surface area (Å²) in [7, 11) is 0. The van der Waals surface area contributed by atoms with Crippen LogP contribution in [-0.4, -0.2) is 26.7 Å². The molecular formula is C30H22F4N6OS2. The standard InChI is InChI=1S/C30H22F4N6OS2/c31-14-21-12-22(6-4-19(21)15-35)37-27(42)38-26-29(10-1-11-29)40(23-7-2-18(17-41)3-8-23)28(43)39(26)24-9-5-20(16-36)25(13-24)30(32,33)34/h2-9,12-13,41H,1,10-11,14,17H2,(H,37,42)/b38-26+. The minimum absolute atomic E-state index is 0.0502. The lowest BCUT2D eigenvalue weighted by molar-refractivity contribution is -0.137. The number of aliphatic hydroxyl groups excluding tert-OH is 1. The monoisotopic (exact) mass is 622 g/mol. The molecule has 0 bridgehead atoms. The van der Waals surface area contributed by atoms with Crippen molar-refractivity contribution in [2.75, 3.05) is 15.1 Å². The molecule has 0 unspecified atom stereocenters. The number of amidine groups is 1. The number of anilines is 3. The molecule has 0 atom stereocenters. The highest BCUT2D eigenvalue weighted by atomic mass is 32.1. The van der Waals surface area contributed by atoms with E-state index in [1.165, 1.54) is 23.1 Å². The molecule has 3 aromatic rings. The fourth-order valence-corrected chi connectivity index (χ4v) is 5.95. The van der Waals surface area contributed by atoms with E-state index in [0.717, 1.165) is 18.6 Å². The maximum absolute atomic E-state index is 14.0. The Labute approximate surface area is 255 Å². The van der Waals surface area contributed by atoms with Crippen molar-refractivity contribution in [1.82, 2.24) is 0 Å². The normalized spacial score (nSPS) is 16.6. The van der Waals surface area contributed by atoms with Gasteiger partial charge in [-0.15, -0.1) is 0 Å². The summed E-state index contributed by atoms with van der Waals surface area (Å²) < 4.78 is 55.4. The van der Waals surface area contributed by atoms with Gasteiger partial charge >= 0.3 is 6.18 Å². The molecule has 1 saturated carbocycles. The number of hydrogen-bond donors (Lipinski definition) is 2. The van der Waals surface area contributed by atoms with Gasteiger partial charge in [-0.1, -0.05) is 12.1 Å². The third kappa shape index (κ3) is 5.43. The number of aliphatic imine (C=N–C) groups is 1. The second-order valence-electron chi connectivity index (χ2n) is 9.99. The lowest BCUT2D eigenvalue weighted by Crippen LogP contribution is -2.55. The van der Waals surface area contributed by atoms with Crippen molar-refractivity contribution < 1.29 is 22.7 Å². The van der Waals surface area contributed by atoms with E-state index in [1.807, 2.05) is 11.0 Å². The van der Waals surface area contributed by atoms with E-state index < -0.39 is 29.5 Å². The lowest BCUT2D eigenvalue weighted by atomic mass is 9.74. The van der Waals surface area contributed by atoms with E-state index in [2.05, 4.69) is 10.3 Å². The van der Waals surface area contributed by atoms with Crippen molar-refractivity contribution in [1.29, 1.82) is 10.5 Å². The molecule has 1 heterocycles. The van der Waals surface area contributed by atoms with Crippen molar-refractivity contribution in [3.05, 3.63) is 88.5 Å². The van der Waals surface area contributed by atoms with Gasteiger partial charge in [0.1, 0.15) is 18.0 Å². The molecule has 7 nitrogen and oxygen atoms in total. The van der Waals surface area contributed by atoms with E-state index in [9.17, 15) is 33.2 Å². The number of nitrogens with one attached hydrogen (secondary N) is 1. The van der Waals surface area contributed by atoms with Gasteiger partial charge in [-0.25, -0.2) is 9.38 Å². The maximum atomic E-state index is 14.0. The van der Waals surface area contributed by atoms with Crippen LogP contribution in [0.1, 0.15) is 47.1 Å². The molecule has 1 aliphatic carbocycles. The average molecular weight is 623 g/mol. The molecule has 218 valence electrons. The number of aliphatic hydroxyl groups is 1. The highest BCUT2D eigenvalue weighted by Crippen LogP contribution is 2.49. The third-order valence-corrected chi connectivity index (χ3v) is 8.07. The molecule has 5 rings (SSSR count). The van der Waals surface area contributed by atoms with E-state index in [-0.39, 0.29) is 33.6 Å². The van der Waals surface area contributed by atoms with Crippen LogP contribution < -0.4 is 15.1 Å². The Balaban J connectivity index is 1.64. The molecule has 0 radical (unpaired) electrons. The summed E-state index contributed by atoms with van der Waals surface area (Å²) in [5, 5.41) is 31.1. The number of alkyl halides is 4. The van der Waals surface area contributed by atoms with Crippen LogP contribution >= 0.6 is 24.4 Å². The molecule has 0 amide bonds. The molecule has 13 heteroatoms. The molecule has 2 N–H and O–H groups in total. The van der Waals surface area contributed by atoms with E-state index in [0.29, 0.717) is 35.6 Å². The minimum atomic E-state index is -4.80. The zero-order chi connectivity index (χ0) is 30.9. The number of hydrogen-bond acceptors (Lipinski definition) is 5. The molecule has 3 aromatic carbocycles. The van der Waals surface area contributed by atoms with Gasteiger partial charge in [-0.05, 0) is 97.8 Å². The maximum Gasteiger partial charge on any atom is 0.417 e. The van der Waals surface area contributed by atoms with Gasteiger partial charge in [0.2, 0.25) is 0 Å². The second kappa shape index (κ2) is 11.7. The summed E-state index contributed by atoms with van der Waals surface area (Å²) in [5.74, 6) is 0.296. The first-order valence-electron chi connectivity index (χ1n) is 13.0. The summed E-state index contributed by atoms with van der Waals surface area (Å²) >= 11 is 11.4. The Bertz CT molecular complexity index is 1720. The smallest absolute Gasteiger partial charge is 0.392 e. The molecule has 0 aromatic heterocycles. The van der Waals surface area contributed by atoms with Crippen molar-refractivity contribution in [3.63, 3.8) is 0 Å². The topological polar surface area (TPSA) is 98.7 Å². The Hall–Kier alpha value is -4.43. The van der Waals surface area contributed by atoms with Crippen molar-refractivity contribution in [2.45, 2.75) is 44.3 Å². The van der Waals surface area contributed by atoms with E-state index in [1.54, 1.807) is 36.4 Å². The number of thiocarbonyl (C=S) groups is 2. The Morgan fingerprint density at radius 3 is 2.21 bits per heavy atom. The third-order valence-electron chi connectivity index (χ3n) is 7.51. The Morgan fingerprint density at radius 2 is 1.65 bits per heavy atom. The highest BCUT2D eigenvalue weighted by Gasteiger charge is 2.58. The number of rotatable bonds is 5. The minimum Gasteiger partial charge on any atom is -0.392 e. The molecule has 1 spiro atoms. The van der Waals surface area contributed by atoms with Crippen LogP contribution in [0.2, 0.25) is 0 Å². The summed E-state index contributed by atoms with van der Waals surface area (Å²) in [4.78, 5) is 7.96. The van der Waals surface area contributed by atoms with Gasteiger partial charge < -0.3 is 15.3 Å². The molecule has 2 aliphatic rings. The van der Waals surface area contributed by atoms with Gasteiger partial charge in [0.05, 0.1) is 41.1 Å². The van der Waals surface area contributed by atoms with Crippen LogP contribution in [0.15, 0.2) is 65.7 Å².